The van der Waals surface area contributed by atoms with Gasteiger partial charge in [0.15, 0.2) is 0 Å². The molecular formula is C23H29FN2O3S. The highest BCUT2D eigenvalue weighted by Crippen LogP contribution is 2.18. The van der Waals surface area contributed by atoms with Crippen molar-refractivity contribution < 1.29 is 18.7 Å². The summed E-state index contributed by atoms with van der Waals surface area (Å²) in [5.74, 6) is 0.967. The fraction of sp³-hybridized carbons (Fsp3) is 0.391. The monoisotopic (exact) mass is 432 g/mol. The lowest BCUT2D eigenvalue weighted by Gasteiger charge is -2.29. The average molecular weight is 433 g/mol. The third-order valence-corrected chi connectivity index (χ3v) is 5.51. The Kier molecular flexibility index (Phi) is 9.17. The van der Waals surface area contributed by atoms with E-state index in [0.29, 0.717) is 12.3 Å². The maximum absolute atomic E-state index is 13.0. The second-order valence-corrected chi connectivity index (χ2v) is 8.31. The highest BCUT2D eigenvalue weighted by molar-refractivity contribution is 7.99. The highest BCUT2D eigenvalue weighted by atomic mass is 32.2. The number of nitrogens with one attached hydrogen (secondary N) is 1. The van der Waals surface area contributed by atoms with Gasteiger partial charge in [-0.25, -0.2) is 4.39 Å². The predicted molar refractivity (Wildman–Crippen MR) is 119 cm³/mol. The summed E-state index contributed by atoms with van der Waals surface area (Å²) in [5, 5.41) is 2.87. The molecule has 0 aliphatic heterocycles. The molecule has 7 heteroatoms. The number of thioether (sulfide) groups is 1. The summed E-state index contributed by atoms with van der Waals surface area (Å²) in [6.45, 7) is 5.84. The molecule has 0 saturated carbocycles. The number of ether oxygens (including phenoxy) is 1. The van der Waals surface area contributed by atoms with E-state index in [4.69, 9.17) is 4.74 Å². The molecule has 2 rings (SSSR count). The minimum atomic E-state index is -0.603. The molecule has 1 atom stereocenters. The lowest BCUT2D eigenvalue weighted by Crippen LogP contribution is -2.49. The summed E-state index contributed by atoms with van der Waals surface area (Å²) in [6, 6.07) is 13.1. The van der Waals surface area contributed by atoms with Gasteiger partial charge in [0.25, 0.3) is 0 Å². The van der Waals surface area contributed by atoms with Crippen LogP contribution in [0.3, 0.4) is 0 Å². The molecule has 0 unspecified atom stereocenters. The largest absolute Gasteiger partial charge is 0.497 e. The maximum Gasteiger partial charge on any atom is 0.242 e. The Hall–Kier alpha value is -2.54. The van der Waals surface area contributed by atoms with Gasteiger partial charge < -0.3 is 15.0 Å². The number of hydrogen-bond acceptors (Lipinski definition) is 4. The van der Waals surface area contributed by atoms with Gasteiger partial charge in [0.1, 0.15) is 17.6 Å². The molecule has 2 aromatic carbocycles. The predicted octanol–water partition coefficient (Wildman–Crippen LogP) is 4.01. The number of methoxy groups -OCH3 is 1. The van der Waals surface area contributed by atoms with Crippen molar-refractivity contribution >= 4 is 23.6 Å². The molecule has 30 heavy (non-hydrogen) atoms. The van der Waals surface area contributed by atoms with Crippen LogP contribution in [0.15, 0.2) is 48.5 Å². The molecule has 5 nitrogen and oxygen atoms in total. The van der Waals surface area contributed by atoms with Crippen LogP contribution in [0.5, 0.6) is 5.75 Å². The van der Waals surface area contributed by atoms with E-state index in [0.717, 1.165) is 16.9 Å². The van der Waals surface area contributed by atoms with E-state index >= 15 is 0 Å². The van der Waals surface area contributed by atoms with Crippen LogP contribution < -0.4 is 10.1 Å². The van der Waals surface area contributed by atoms with Gasteiger partial charge in [-0.05, 0) is 56.2 Å². The lowest BCUT2D eigenvalue weighted by atomic mass is 10.1. The molecule has 0 saturated heterocycles. The summed E-state index contributed by atoms with van der Waals surface area (Å²) in [4.78, 5) is 27.1. The highest BCUT2D eigenvalue weighted by Gasteiger charge is 2.26. The van der Waals surface area contributed by atoms with Crippen LogP contribution in [0.25, 0.3) is 0 Å². The molecule has 2 aromatic rings. The van der Waals surface area contributed by atoms with Gasteiger partial charge in [-0.15, -0.1) is 11.8 Å². The molecule has 0 aliphatic rings. The van der Waals surface area contributed by atoms with Crippen LogP contribution in [0.2, 0.25) is 0 Å². The summed E-state index contributed by atoms with van der Waals surface area (Å²) in [6.07, 6.45) is 0. The van der Waals surface area contributed by atoms with E-state index in [1.54, 1.807) is 31.1 Å². The van der Waals surface area contributed by atoms with Gasteiger partial charge in [0.2, 0.25) is 11.8 Å². The van der Waals surface area contributed by atoms with Gasteiger partial charge in [-0.1, -0.05) is 24.3 Å². The SMILES string of the molecule is COc1ccc(CN(C(=O)CSCc2ccc(F)cc2)[C@@H](C)C(=O)NC(C)C)cc1. The zero-order chi connectivity index (χ0) is 22.1. The second kappa shape index (κ2) is 11.6. The number of rotatable bonds is 10. The molecular weight excluding hydrogens is 403 g/mol. The first-order chi connectivity index (χ1) is 14.3. The van der Waals surface area contributed by atoms with Crippen molar-refractivity contribution in [1.82, 2.24) is 10.2 Å². The number of nitrogens with zero attached hydrogens (tertiary/aromatic N) is 1. The zero-order valence-electron chi connectivity index (χ0n) is 17.9. The molecule has 162 valence electrons. The summed E-state index contributed by atoms with van der Waals surface area (Å²) < 4.78 is 18.2. The topological polar surface area (TPSA) is 58.6 Å². The van der Waals surface area contributed by atoms with Crippen molar-refractivity contribution in [3.8, 4) is 5.75 Å². The first-order valence-corrected chi connectivity index (χ1v) is 11.0. The normalized spacial score (nSPS) is 11.8. The number of carbonyl (C=O) groups excluding carboxylic acids is 2. The van der Waals surface area contributed by atoms with E-state index in [1.165, 1.54) is 23.9 Å². The van der Waals surface area contributed by atoms with Crippen molar-refractivity contribution in [2.24, 2.45) is 0 Å². The third kappa shape index (κ3) is 7.37. The van der Waals surface area contributed by atoms with Crippen molar-refractivity contribution in [2.75, 3.05) is 12.9 Å². The van der Waals surface area contributed by atoms with Crippen LogP contribution in [0.1, 0.15) is 31.9 Å². The van der Waals surface area contributed by atoms with E-state index in [9.17, 15) is 14.0 Å². The standard InChI is InChI=1S/C23H29FN2O3S/c1-16(2)25-23(28)17(3)26(13-18-7-11-21(29-4)12-8-18)22(27)15-30-14-19-5-9-20(24)10-6-19/h5-12,16-17H,13-15H2,1-4H3,(H,25,28)/t17-/m0/s1. The first kappa shape index (κ1) is 23.7. The van der Waals surface area contributed by atoms with Crippen molar-refractivity contribution in [1.29, 1.82) is 0 Å². The van der Waals surface area contributed by atoms with E-state index < -0.39 is 6.04 Å². The summed E-state index contributed by atoms with van der Waals surface area (Å²) in [7, 11) is 1.60. The molecule has 0 aromatic heterocycles. The van der Waals surface area contributed by atoms with Crippen LogP contribution in [-0.4, -0.2) is 41.7 Å². The van der Waals surface area contributed by atoms with Crippen molar-refractivity contribution in [2.45, 2.75) is 45.2 Å². The first-order valence-electron chi connectivity index (χ1n) is 9.85. The summed E-state index contributed by atoms with van der Waals surface area (Å²) >= 11 is 1.44. The molecule has 0 radical (unpaired) electrons. The molecule has 1 N–H and O–H groups in total. The minimum absolute atomic E-state index is 0.00857. The average Bonchev–Trinajstić information content (AvgIpc) is 2.72. The van der Waals surface area contributed by atoms with Gasteiger partial charge in [-0.3, -0.25) is 9.59 Å². The van der Waals surface area contributed by atoms with Crippen molar-refractivity contribution in [3.05, 3.63) is 65.5 Å². The molecule has 0 aliphatic carbocycles. The Morgan fingerprint density at radius 1 is 1.03 bits per heavy atom. The molecule has 0 heterocycles. The molecule has 2 amide bonds. The van der Waals surface area contributed by atoms with Gasteiger partial charge in [-0.2, -0.15) is 0 Å². The number of halogens is 1. The number of carbonyl (C=O) groups is 2. The van der Waals surface area contributed by atoms with Crippen LogP contribution in [0, 0.1) is 5.82 Å². The number of amides is 2. The van der Waals surface area contributed by atoms with Crippen LogP contribution in [0.4, 0.5) is 4.39 Å². The van der Waals surface area contributed by atoms with E-state index in [-0.39, 0.29) is 29.4 Å². The quantitative estimate of drug-likeness (QED) is 0.616. The third-order valence-electron chi connectivity index (χ3n) is 4.52. The Labute approximate surface area is 182 Å². The van der Waals surface area contributed by atoms with Crippen LogP contribution in [-0.2, 0) is 21.9 Å². The Morgan fingerprint density at radius 2 is 1.63 bits per heavy atom. The smallest absolute Gasteiger partial charge is 0.242 e. The molecule has 0 bridgehead atoms. The Morgan fingerprint density at radius 3 is 2.20 bits per heavy atom. The minimum Gasteiger partial charge on any atom is -0.497 e. The second-order valence-electron chi connectivity index (χ2n) is 7.33. The van der Waals surface area contributed by atoms with Gasteiger partial charge >= 0.3 is 0 Å². The Bertz CT molecular complexity index is 825. The maximum atomic E-state index is 13.0. The number of benzene rings is 2. The summed E-state index contributed by atoms with van der Waals surface area (Å²) in [5.41, 5.74) is 1.86. The fourth-order valence-corrected chi connectivity index (χ4v) is 3.71. The van der Waals surface area contributed by atoms with E-state index in [2.05, 4.69) is 5.32 Å². The fourth-order valence-electron chi connectivity index (χ4n) is 2.84. The van der Waals surface area contributed by atoms with Crippen molar-refractivity contribution in [3.63, 3.8) is 0 Å². The molecule has 0 spiro atoms. The lowest BCUT2D eigenvalue weighted by molar-refractivity contribution is -0.138. The van der Waals surface area contributed by atoms with Gasteiger partial charge in [0.05, 0.1) is 12.9 Å². The van der Waals surface area contributed by atoms with E-state index in [1.807, 2.05) is 38.1 Å². The zero-order valence-corrected chi connectivity index (χ0v) is 18.7. The number of hydrogen-bond donors (Lipinski definition) is 1. The molecule has 0 fully saturated rings. The van der Waals surface area contributed by atoms with Gasteiger partial charge in [0, 0.05) is 18.3 Å². The van der Waals surface area contributed by atoms with Crippen LogP contribution >= 0.6 is 11.8 Å². The Balaban J connectivity index is 2.06.